The zero-order valence-electron chi connectivity index (χ0n) is 10.8. The predicted molar refractivity (Wildman–Crippen MR) is 70.1 cm³/mol. The second-order valence-corrected chi connectivity index (χ2v) is 3.94. The highest BCUT2D eigenvalue weighted by molar-refractivity contribution is 5.99. The van der Waals surface area contributed by atoms with Crippen LogP contribution in [0.1, 0.15) is 10.4 Å². The molecule has 0 saturated carbocycles. The molecule has 2 aromatic heterocycles. The van der Waals surface area contributed by atoms with Gasteiger partial charge >= 0.3 is 0 Å². The molecule has 102 valence electrons. The maximum absolute atomic E-state index is 12.0. The summed E-state index contributed by atoms with van der Waals surface area (Å²) in [5, 5.41) is 10.0. The lowest BCUT2D eigenvalue weighted by Gasteiger charge is -2.05. The predicted octanol–water partition coefficient (Wildman–Crippen LogP) is -0.305. The minimum absolute atomic E-state index is 0.165. The third kappa shape index (κ3) is 3.49. The number of methoxy groups -OCH3 is 1. The molecule has 0 aromatic carbocycles. The van der Waals surface area contributed by atoms with Crippen molar-refractivity contribution in [2.75, 3.05) is 33.4 Å². The van der Waals surface area contributed by atoms with Crippen molar-refractivity contribution in [1.29, 1.82) is 0 Å². The molecular weight excluding hydrogens is 246 g/mol. The second-order valence-electron chi connectivity index (χ2n) is 3.94. The monoisotopic (exact) mass is 263 g/mol. The SMILES string of the molecule is COCCNCCNC(=O)c1cnn2cccnc12. The summed E-state index contributed by atoms with van der Waals surface area (Å²) in [5.41, 5.74) is 1.05. The van der Waals surface area contributed by atoms with Crippen molar-refractivity contribution < 1.29 is 9.53 Å². The maximum Gasteiger partial charge on any atom is 0.256 e. The van der Waals surface area contributed by atoms with Gasteiger partial charge in [0, 0.05) is 39.1 Å². The molecule has 2 N–H and O–H groups in total. The molecule has 7 nitrogen and oxygen atoms in total. The lowest BCUT2D eigenvalue weighted by Crippen LogP contribution is -2.33. The summed E-state index contributed by atoms with van der Waals surface area (Å²) in [4.78, 5) is 16.1. The summed E-state index contributed by atoms with van der Waals surface area (Å²) in [7, 11) is 1.65. The molecule has 0 unspecified atom stereocenters. The molecule has 19 heavy (non-hydrogen) atoms. The van der Waals surface area contributed by atoms with Gasteiger partial charge in [0.15, 0.2) is 5.65 Å². The number of rotatable bonds is 7. The van der Waals surface area contributed by atoms with E-state index in [-0.39, 0.29) is 5.91 Å². The van der Waals surface area contributed by atoms with E-state index in [0.29, 0.717) is 30.9 Å². The fourth-order valence-corrected chi connectivity index (χ4v) is 1.65. The van der Waals surface area contributed by atoms with E-state index in [9.17, 15) is 4.79 Å². The number of ether oxygens (including phenoxy) is 1. The van der Waals surface area contributed by atoms with Gasteiger partial charge in [0.25, 0.3) is 5.91 Å². The minimum Gasteiger partial charge on any atom is -0.383 e. The summed E-state index contributed by atoms with van der Waals surface area (Å²) in [5.74, 6) is -0.165. The molecule has 0 atom stereocenters. The Balaban J connectivity index is 1.83. The van der Waals surface area contributed by atoms with Crippen molar-refractivity contribution in [3.05, 3.63) is 30.2 Å². The number of amides is 1. The Morgan fingerprint density at radius 3 is 3.16 bits per heavy atom. The molecule has 0 spiro atoms. The summed E-state index contributed by atoms with van der Waals surface area (Å²) >= 11 is 0. The smallest absolute Gasteiger partial charge is 0.256 e. The number of nitrogens with zero attached hydrogens (tertiary/aromatic N) is 3. The van der Waals surface area contributed by atoms with Gasteiger partial charge in [-0.3, -0.25) is 4.79 Å². The van der Waals surface area contributed by atoms with Gasteiger partial charge in [-0.05, 0) is 6.07 Å². The molecule has 0 saturated heterocycles. The quantitative estimate of drug-likeness (QED) is 0.670. The van der Waals surface area contributed by atoms with E-state index in [1.807, 2.05) is 0 Å². The third-order valence-corrected chi connectivity index (χ3v) is 2.59. The van der Waals surface area contributed by atoms with Gasteiger partial charge in [-0.25, -0.2) is 9.50 Å². The van der Waals surface area contributed by atoms with Crippen molar-refractivity contribution in [2.45, 2.75) is 0 Å². The summed E-state index contributed by atoms with van der Waals surface area (Å²) in [6, 6.07) is 1.77. The number of carbonyl (C=O) groups excluding carboxylic acids is 1. The molecule has 0 aliphatic rings. The van der Waals surface area contributed by atoms with Gasteiger partial charge in [-0.2, -0.15) is 5.10 Å². The van der Waals surface area contributed by atoms with Gasteiger partial charge < -0.3 is 15.4 Å². The van der Waals surface area contributed by atoms with E-state index in [1.54, 1.807) is 30.1 Å². The van der Waals surface area contributed by atoms with E-state index >= 15 is 0 Å². The first-order chi connectivity index (χ1) is 9.33. The van der Waals surface area contributed by atoms with Crippen LogP contribution in [0.4, 0.5) is 0 Å². The summed E-state index contributed by atoms with van der Waals surface area (Å²) in [6.45, 7) is 2.67. The fraction of sp³-hybridized carbons (Fsp3) is 0.417. The van der Waals surface area contributed by atoms with Crippen LogP contribution in [0.25, 0.3) is 5.65 Å². The molecule has 1 amide bonds. The third-order valence-electron chi connectivity index (χ3n) is 2.59. The van der Waals surface area contributed by atoms with Gasteiger partial charge in [0.05, 0.1) is 12.8 Å². The lowest BCUT2D eigenvalue weighted by molar-refractivity contribution is 0.0955. The zero-order chi connectivity index (χ0) is 13.5. The highest BCUT2D eigenvalue weighted by Crippen LogP contribution is 2.05. The van der Waals surface area contributed by atoms with Crippen molar-refractivity contribution in [3.63, 3.8) is 0 Å². The maximum atomic E-state index is 12.0. The molecule has 7 heteroatoms. The Labute approximate surface area is 111 Å². The molecule has 2 aromatic rings. The summed E-state index contributed by atoms with van der Waals surface area (Å²) < 4.78 is 6.48. The first-order valence-electron chi connectivity index (χ1n) is 6.09. The minimum atomic E-state index is -0.165. The number of fused-ring (bicyclic) bond motifs is 1. The lowest BCUT2D eigenvalue weighted by atomic mass is 10.3. The topological polar surface area (TPSA) is 80.5 Å². The Morgan fingerprint density at radius 1 is 1.42 bits per heavy atom. The van der Waals surface area contributed by atoms with Crippen LogP contribution in [-0.2, 0) is 4.74 Å². The average molecular weight is 263 g/mol. The standard InChI is InChI=1S/C12H17N5O2/c1-19-8-6-13-4-5-15-12(18)10-9-16-17-7-2-3-14-11(10)17/h2-3,7,9,13H,4-6,8H2,1H3,(H,15,18). The molecule has 2 heterocycles. The Hall–Kier alpha value is -1.99. The van der Waals surface area contributed by atoms with Crippen LogP contribution in [0.2, 0.25) is 0 Å². The van der Waals surface area contributed by atoms with Crippen molar-refractivity contribution >= 4 is 11.6 Å². The van der Waals surface area contributed by atoms with Crippen LogP contribution in [0, 0.1) is 0 Å². The molecule has 0 fully saturated rings. The highest BCUT2D eigenvalue weighted by Gasteiger charge is 2.12. The fourth-order valence-electron chi connectivity index (χ4n) is 1.65. The Kier molecular flexibility index (Phi) is 4.82. The molecule has 0 bridgehead atoms. The van der Waals surface area contributed by atoms with E-state index in [2.05, 4.69) is 20.7 Å². The summed E-state index contributed by atoms with van der Waals surface area (Å²) in [6.07, 6.45) is 4.92. The Bertz CT molecular complexity index is 540. The first kappa shape index (κ1) is 13.4. The molecule has 0 aliphatic carbocycles. The average Bonchev–Trinajstić information content (AvgIpc) is 2.86. The van der Waals surface area contributed by atoms with Crippen LogP contribution in [0.3, 0.4) is 0 Å². The number of hydrogen-bond donors (Lipinski definition) is 2. The van der Waals surface area contributed by atoms with Gasteiger partial charge in [-0.15, -0.1) is 0 Å². The molecule has 0 aliphatic heterocycles. The van der Waals surface area contributed by atoms with Gasteiger partial charge in [0.1, 0.15) is 5.56 Å². The van der Waals surface area contributed by atoms with Gasteiger partial charge in [0.2, 0.25) is 0 Å². The van der Waals surface area contributed by atoms with Crippen molar-refractivity contribution in [3.8, 4) is 0 Å². The van der Waals surface area contributed by atoms with Crippen molar-refractivity contribution in [1.82, 2.24) is 25.2 Å². The first-order valence-corrected chi connectivity index (χ1v) is 6.09. The van der Waals surface area contributed by atoms with E-state index in [0.717, 1.165) is 6.54 Å². The molecule has 0 radical (unpaired) electrons. The molecule has 2 rings (SSSR count). The largest absolute Gasteiger partial charge is 0.383 e. The van der Waals surface area contributed by atoms with Crippen LogP contribution in [0.5, 0.6) is 0 Å². The number of nitrogens with one attached hydrogen (secondary N) is 2. The highest BCUT2D eigenvalue weighted by atomic mass is 16.5. The van der Waals surface area contributed by atoms with Crippen LogP contribution >= 0.6 is 0 Å². The van der Waals surface area contributed by atoms with Crippen LogP contribution < -0.4 is 10.6 Å². The molecular formula is C12H17N5O2. The van der Waals surface area contributed by atoms with Crippen LogP contribution in [0.15, 0.2) is 24.7 Å². The van der Waals surface area contributed by atoms with E-state index < -0.39 is 0 Å². The Morgan fingerprint density at radius 2 is 2.32 bits per heavy atom. The van der Waals surface area contributed by atoms with E-state index in [1.165, 1.54) is 6.20 Å². The zero-order valence-corrected chi connectivity index (χ0v) is 10.8. The van der Waals surface area contributed by atoms with Gasteiger partial charge in [-0.1, -0.05) is 0 Å². The number of aromatic nitrogens is 3. The van der Waals surface area contributed by atoms with E-state index in [4.69, 9.17) is 4.74 Å². The second kappa shape index (κ2) is 6.81. The van der Waals surface area contributed by atoms with Crippen molar-refractivity contribution in [2.24, 2.45) is 0 Å². The number of carbonyl (C=O) groups is 1. The van der Waals surface area contributed by atoms with Crippen LogP contribution in [-0.4, -0.2) is 53.9 Å². The number of hydrogen-bond acceptors (Lipinski definition) is 5. The normalized spacial score (nSPS) is 10.8.